The molecule has 0 saturated heterocycles. The lowest BCUT2D eigenvalue weighted by Gasteiger charge is -2.50. The fraction of sp³-hybridized carbons (Fsp3) is 0.682. The molecule has 0 N–H and O–H groups in total. The molecule has 1 aromatic rings. The summed E-state index contributed by atoms with van der Waals surface area (Å²) in [5, 5.41) is 9.06. The quantitative estimate of drug-likeness (QED) is 0.665. The first-order chi connectivity index (χ1) is 12.1. The minimum absolute atomic E-state index is 0.197. The summed E-state index contributed by atoms with van der Waals surface area (Å²) in [6.07, 6.45) is 6.91. The molecular weight excluding hydrogens is 313 g/mol. The number of methoxy groups -OCH3 is 1. The summed E-state index contributed by atoms with van der Waals surface area (Å²) >= 11 is 0. The Kier molecular flexibility index (Phi) is 5.21. The van der Waals surface area contributed by atoms with Gasteiger partial charge in [0.1, 0.15) is 11.9 Å². The highest BCUT2D eigenvalue weighted by atomic mass is 19.1. The van der Waals surface area contributed by atoms with Crippen LogP contribution < -0.4 is 0 Å². The van der Waals surface area contributed by atoms with E-state index in [0.717, 1.165) is 31.2 Å². The van der Waals surface area contributed by atoms with Gasteiger partial charge in [-0.05, 0) is 78.9 Å². The van der Waals surface area contributed by atoms with Crippen molar-refractivity contribution in [1.29, 1.82) is 5.26 Å². The Morgan fingerprint density at radius 2 is 1.96 bits per heavy atom. The Labute approximate surface area is 151 Å². The van der Waals surface area contributed by atoms with Crippen LogP contribution in [0, 0.1) is 34.4 Å². The van der Waals surface area contributed by atoms with Gasteiger partial charge in [-0.3, -0.25) is 0 Å². The number of hydrogen-bond acceptors (Lipinski definition) is 2. The first-order valence-corrected chi connectivity index (χ1v) is 9.84. The molecule has 2 saturated carbocycles. The molecule has 5 atom stereocenters. The van der Waals surface area contributed by atoms with Gasteiger partial charge in [-0.25, -0.2) is 4.39 Å². The molecule has 1 aromatic carbocycles. The second kappa shape index (κ2) is 7.08. The standard InChI is InChI=1S/C20H24FNO.C2H6/c1-20-10-9-14-13-4-3-12(11-22)19(21)16(13)6-5-15(14)17(20)7-8-18(20)23-2;1-2/h3-4,14-15,17-18H,5-10H2,1-2H3;1-2H3/t14?,15?,17?,18-,20-;/m0./s1. The van der Waals surface area contributed by atoms with E-state index in [2.05, 4.69) is 6.92 Å². The first-order valence-electron chi connectivity index (χ1n) is 9.84. The van der Waals surface area contributed by atoms with Crippen molar-refractivity contribution in [3.05, 3.63) is 34.6 Å². The number of benzene rings is 1. The molecule has 0 aliphatic heterocycles. The molecule has 0 radical (unpaired) electrons. The Balaban J connectivity index is 0.000000880. The monoisotopic (exact) mass is 343 g/mol. The molecule has 0 bridgehead atoms. The molecule has 2 fully saturated rings. The third-order valence-electron chi connectivity index (χ3n) is 7.16. The van der Waals surface area contributed by atoms with Gasteiger partial charge in [-0.2, -0.15) is 5.26 Å². The maximum Gasteiger partial charge on any atom is 0.144 e. The number of nitrogens with zero attached hydrogens (tertiary/aromatic N) is 1. The van der Waals surface area contributed by atoms with Crippen molar-refractivity contribution >= 4 is 0 Å². The summed E-state index contributed by atoms with van der Waals surface area (Å²) < 4.78 is 20.3. The summed E-state index contributed by atoms with van der Waals surface area (Å²) in [6.45, 7) is 6.41. The Morgan fingerprint density at radius 1 is 1.20 bits per heavy atom. The number of rotatable bonds is 1. The highest BCUT2D eigenvalue weighted by Crippen LogP contribution is 2.61. The van der Waals surface area contributed by atoms with E-state index in [1.807, 2.05) is 33.1 Å². The average Bonchev–Trinajstić information content (AvgIpc) is 3.00. The molecule has 3 unspecified atom stereocenters. The largest absolute Gasteiger partial charge is 0.381 e. The second-order valence-corrected chi connectivity index (χ2v) is 7.87. The third kappa shape index (κ3) is 2.70. The third-order valence-corrected chi connectivity index (χ3v) is 7.16. The molecule has 0 aromatic heterocycles. The van der Waals surface area contributed by atoms with Gasteiger partial charge in [-0.15, -0.1) is 0 Å². The maximum atomic E-state index is 14.5. The number of nitriles is 1. The molecule has 4 rings (SSSR count). The second-order valence-electron chi connectivity index (χ2n) is 7.87. The fourth-order valence-corrected chi connectivity index (χ4v) is 6.05. The van der Waals surface area contributed by atoms with Crippen LogP contribution >= 0.6 is 0 Å². The van der Waals surface area contributed by atoms with Gasteiger partial charge >= 0.3 is 0 Å². The lowest BCUT2D eigenvalue weighted by Crippen LogP contribution is -2.44. The zero-order valence-corrected chi connectivity index (χ0v) is 15.9. The van der Waals surface area contributed by atoms with Gasteiger partial charge in [-0.1, -0.05) is 26.8 Å². The molecule has 0 amide bonds. The van der Waals surface area contributed by atoms with Crippen molar-refractivity contribution in [1.82, 2.24) is 0 Å². The molecule has 3 aliphatic rings. The average molecular weight is 343 g/mol. The maximum absolute atomic E-state index is 14.5. The number of fused-ring (bicyclic) bond motifs is 5. The molecule has 3 aliphatic carbocycles. The van der Waals surface area contributed by atoms with E-state index < -0.39 is 0 Å². The number of halogens is 1. The highest BCUT2D eigenvalue weighted by molar-refractivity contribution is 5.43. The van der Waals surface area contributed by atoms with E-state index >= 15 is 0 Å². The van der Waals surface area contributed by atoms with Gasteiger partial charge < -0.3 is 4.74 Å². The molecule has 0 heterocycles. The summed E-state index contributed by atoms with van der Waals surface area (Å²) in [5.74, 6) is 1.54. The molecule has 2 nitrogen and oxygen atoms in total. The molecule has 0 spiro atoms. The zero-order valence-electron chi connectivity index (χ0n) is 15.9. The molecule has 3 heteroatoms. The zero-order chi connectivity index (χ0) is 18.2. The first kappa shape index (κ1) is 18.4. The number of ether oxygens (including phenoxy) is 1. The fourth-order valence-electron chi connectivity index (χ4n) is 6.05. The minimum Gasteiger partial charge on any atom is -0.381 e. The van der Waals surface area contributed by atoms with Crippen LogP contribution in [0.4, 0.5) is 4.39 Å². The summed E-state index contributed by atoms with van der Waals surface area (Å²) in [5.41, 5.74) is 2.48. The van der Waals surface area contributed by atoms with E-state index in [0.29, 0.717) is 29.3 Å². The van der Waals surface area contributed by atoms with Crippen molar-refractivity contribution in [2.24, 2.45) is 17.3 Å². The van der Waals surface area contributed by atoms with Gasteiger partial charge in [0.05, 0.1) is 11.7 Å². The van der Waals surface area contributed by atoms with Crippen molar-refractivity contribution in [2.45, 2.75) is 71.3 Å². The van der Waals surface area contributed by atoms with Crippen LogP contribution in [0.15, 0.2) is 12.1 Å². The Hall–Kier alpha value is -1.40. The summed E-state index contributed by atoms with van der Waals surface area (Å²) in [7, 11) is 1.85. The number of hydrogen-bond donors (Lipinski definition) is 0. The molecule has 25 heavy (non-hydrogen) atoms. The van der Waals surface area contributed by atoms with Gasteiger partial charge in [0.2, 0.25) is 0 Å². The topological polar surface area (TPSA) is 33.0 Å². The minimum atomic E-state index is -0.266. The predicted molar refractivity (Wildman–Crippen MR) is 97.9 cm³/mol. The van der Waals surface area contributed by atoms with Crippen LogP contribution in [0.1, 0.15) is 75.5 Å². The highest BCUT2D eigenvalue weighted by Gasteiger charge is 2.55. The SMILES string of the molecule is CC.CO[C@H]1CCC2C3CCc4c(ccc(C#N)c4F)C3CC[C@@]21C. The van der Waals surface area contributed by atoms with E-state index in [-0.39, 0.29) is 11.4 Å². The van der Waals surface area contributed by atoms with Crippen LogP contribution in [0.5, 0.6) is 0 Å². The van der Waals surface area contributed by atoms with Crippen molar-refractivity contribution < 1.29 is 9.13 Å². The Bertz CT molecular complexity index is 679. The van der Waals surface area contributed by atoms with E-state index in [1.165, 1.54) is 18.4 Å². The summed E-state index contributed by atoms with van der Waals surface area (Å²) in [4.78, 5) is 0. The van der Waals surface area contributed by atoms with E-state index in [4.69, 9.17) is 10.00 Å². The lowest BCUT2D eigenvalue weighted by molar-refractivity contribution is -0.0445. The Morgan fingerprint density at radius 3 is 2.64 bits per heavy atom. The van der Waals surface area contributed by atoms with Crippen molar-refractivity contribution in [2.75, 3.05) is 7.11 Å². The van der Waals surface area contributed by atoms with Gasteiger partial charge in [0.15, 0.2) is 0 Å². The summed E-state index contributed by atoms with van der Waals surface area (Å²) in [6, 6.07) is 5.69. The predicted octanol–water partition coefficient (Wildman–Crippen LogP) is 5.59. The smallest absolute Gasteiger partial charge is 0.144 e. The van der Waals surface area contributed by atoms with Crippen LogP contribution in [0.3, 0.4) is 0 Å². The van der Waals surface area contributed by atoms with Crippen molar-refractivity contribution in [3.8, 4) is 6.07 Å². The lowest BCUT2D eigenvalue weighted by atomic mass is 9.55. The van der Waals surface area contributed by atoms with Crippen LogP contribution in [0.25, 0.3) is 0 Å². The van der Waals surface area contributed by atoms with E-state index in [1.54, 1.807) is 6.07 Å². The van der Waals surface area contributed by atoms with Crippen LogP contribution in [-0.2, 0) is 11.2 Å². The van der Waals surface area contributed by atoms with Gasteiger partial charge in [0, 0.05) is 7.11 Å². The van der Waals surface area contributed by atoms with E-state index in [9.17, 15) is 4.39 Å². The van der Waals surface area contributed by atoms with Crippen LogP contribution in [0.2, 0.25) is 0 Å². The molecular formula is C22H30FNO. The van der Waals surface area contributed by atoms with Crippen LogP contribution in [-0.4, -0.2) is 13.2 Å². The van der Waals surface area contributed by atoms with Crippen molar-refractivity contribution in [3.63, 3.8) is 0 Å². The molecule has 136 valence electrons. The normalized spacial score (nSPS) is 35.5. The van der Waals surface area contributed by atoms with Gasteiger partial charge in [0.25, 0.3) is 0 Å².